The minimum Gasteiger partial charge on any atom is -0.475 e. The van der Waals surface area contributed by atoms with Crippen molar-refractivity contribution in [2.45, 2.75) is 38.1 Å². The average molecular weight is 460 g/mol. The van der Waals surface area contributed by atoms with Crippen molar-refractivity contribution in [2.24, 2.45) is 0 Å². The van der Waals surface area contributed by atoms with Crippen LogP contribution in [-0.4, -0.2) is 59.9 Å². The van der Waals surface area contributed by atoms with Gasteiger partial charge in [-0.1, -0.05) is 0 Å². The van der Waals surface area contributed by atoms with Crippen LogP contribution in [0.15, 0.2) is 33.4 Å². The number of morpholine rings is 1. The molecule has 0 atom stereocenters. The van der Waals surface area contributed by atoms with E-state index in [2.05, 4.69) is 4.90 Å². The number of alkyl halides is 3. The van der Waals surface area contributed by atoms with Crippen molar-refractivity contribution in [1.29, 1.82) is 0 Å². The monoisotopic (exact) mass is 460 g/mol. The number of furan rings is 1. The number of anilines is 1. The zero-order valence-electron chi connectivity index (χ0n) is 16.9. The van der Waals surface area contributed by atoms with Crippen molar-refractivity contribution in [2.75, 3.05) is 31.1 Å². The number of thiophene rings is 1. The Morgan fingerprint density at radius 3 is 2.45 bits per heavy atom. The van der Waals surface area contributed by atoms with E-state index in [-0.39, 0.29) is 18.1 Å². The summed E-state index contributed by atoms with van der Waals surface area (Å²) in [7, 11) is 0. The van der Waals surface area contributed by atoms with Gasteiger partial charge in [-0.2, -0.15) is 24.5 Å². The molecule has 7 nitrogen and oxygen atoms in total. The summed E-state index contributed by atoms with van der Waals surface area (Å²) < 4.78 is 43.4. The normalized spacial score (nSPS) is 19.2. The number of amides is 1. The highest BCUT2D eigenvalue weighted by Gasteiger charge is 2.42. The average Bonchev–Trinajstić information content (AvgIpc) is 3.38. The van der Waals surface area contributed by atoms with E-state index in [0.717, 1.165) is 49.7 Å². The molecular formula is C20H23F3N2O5S. The summed E-state index contributed by atoms with van der Waals surface area (Å²) in [5.74, 6) is -0.720. The van der Waals surface area contributed by atoms with Crippen LogP contribution < -0.4 is 4.90 Å². The summed E-state index contributed by atoms with van der Waals surface area (Å²) in [6, 6.07) is 6.07. The van der Waals surface area contributed by atoms with Crippen LogP contribution in [-0.2, 0) is 20.9 Å². The molecule has 1 spiro atoms. The highest BCUT2D eigenvalue weighted by Crippen LogP contribution is 2.33. The van der Waals surface area contributed by atoms with Gasteiger partial charge in [-0.25, -0.2) is 4.79 Å². The molecule has 0 bridgehead atoms. The van der Waals surface area contributed by atoms with E-state index < -0.39 is 12.1 Å². The molecule has 2 aliphatic rings. The molecule has 31 heavy (non-hydrogen) atoms. The van der Waals surface area contributed by atoms with Crippen LogP contribution in [0.1, 0.15) is 24.4 Å². The Balaban J connectivity index is 0.000000339. The van der Waals surface area contributed by atoms with Crippen LogP contribution in [0.25, 0.3) is 0 Å². The second-order valence-corrected chi connectivity index (χ2v) is 8.30. The summed E-state index contributed by atoms with van der Waals surface area (Å²) in [5, 5.41) is 11.2. The highest BCUT2D eigenvalue weighted by molar-refractivity contribution is 7.08. The van der Waals surface area contributed by atoms with Crippen LogP contribution in [0, 0.1) is 6.92 Å². The minimum atomic E-state index is -5.08. The van der Waals surface area contributed by atoms with Crippen LogP contribution in [0.3, 0.4) is 0 Å². The number of nitrogens with zero attached hydrogens (tertiary/aromatic N) is 2. The minimum absolute atomic E-state index is 0.0625. The van der Waals surface area contributed by atoms with Gasteiger partial charge in [0.1, 0.15) is 18.1 Å². The third-order valence-corrected chi connectivity index (χ3v) is 5.92. The molecule has 2 aromatic heterocycles. The molecule has 0 aromatic carbocycles. The van der Waals surface area contributed by atoms with Gasteiger partial charge in [0.05, 0.1) is 24.4 Å². The number of likely N-dealkylation sites (tertiary alicyclic amines) is 1. The number of hydrogen-bond donors (Lipinski definition) is 1. The van der Waals surface area contributed by atoms with Crippen LogP contribution in [0.5, 0.6) is 0 Å². The molecule has 1 amide bonds. The number of hydrogen-bond acceptors (Lipinski definition) is 6. The number of aliphatic carboxylic acids is 1. The summed E-state index contributed by atoms with van der Waals surface area (Å²) in [5.41, 5.74) is 0.798. The first-order chi connectivity index (χ1) is 14.6. The van der Waals surface area contributed by atoms with Crippen molar-refractivity contribution in [3.05, 3.63) is 40.5 Å². The largest absolute Gasteiger partial charge is 0.490 e. The van der Waals surface area contributed by atoms with Gasteiger partial charge in [-0.15, -0.1) is 0 Å². The number of carbonyl (C=O) groups is 2. The molecule has 1 N–H and O–H groups in total. The number of ether oxygens (including phenoxy) is 1. The summed E-state index contributed by atoms with van der Waals surface area (Å²) >= 11 is 1.62. The maximum Gasteiger partial charge on any atom is 0.490 e. The molecule has 2 saturated heterocycles. The number of rotatable bonds is 3. The van der Waals surface area contributed by atoms with E-state index in [1.807, 2.05) is 40.8 Å². The Hall–Kier alpha value is -2.37. The predicted octanol–water partition coefficient (Wildman–Crippen LogP) is 3.68. The first-order valence-electron chi connectivity index (χ1n) is 9.62. The molecule has 0 unspecified atom stereocenters. The maximum atomic E-state index is 12.2. The first-order valence-corrected chi connectivity index (χ1v) is 10.6. The number of carbonyl (C=O) groups excluding carboxylic acids is 1. The summed E-state index contributed by atoms with van der Waals surface area (Å²) in [6.07, 6.45) is -3.19. The van der Waals surface area contributed by atoms with E-state index in [1.165, 1.54) is 0 Å². The fraction of sp³-hybridized carbons (Fsp3) is 0.500. The van der Waals surface area contributed by atoms with Crippen molar-refractivity contribution >= 4 is 28.9 Å². The molecule has 0 aliphatic carbocycles. The Morgan fingerprint density at radius 2 is 1.94 bits per heavy atom. The Labute approximate surface area is 181 Å². The predicted molar refractivity (Wildman–Crippen MR) is 107 cm³/mol. The smallest absolute Gasteiger partial charge is 0.475 e. The van der Waals surface area contributed by atoms with Gasteiger partial charge in [-0.05, 0) is 43.3 Å². The lowest BCUT2D eigenvalue weighted by Gasteiger charge is -2.46. The molecular weight excluding hydrogens is 437 g/mol. The van der Waals surface area contributed by atoms with Gasteiger partial charge in [0.25, 0.3) is 5.91 Å². The topological polar surface area (TPSA) is 83.2 Å². The van der Waals surface area contributed by atoms with Gasteiger partial charge in [0.15, 0.2) is 0 Å². The van der Waals surface area contributed by atoms with Crippen molar-refractivity contribution in [3.63, 3.8) is 0 Å². The Morgan fingerprint density at radius 1 is 1.26 bits per heavy atom. The Kier molecular flexibility index (Phi) is 7.07. The number of piperidine rings is 1. The SMILES string of the molecule is Cc1ccc(CN2CCC3(CC2)CN(c2ccsc2)C(=O)CO3)o1.O=C(O)C(F)(F)F. The molecule has 170 valence electrons. The third kappa shape index (κ3) is 6.08. The third-order valence-electron chi connectivity index (χ3n) is 5.25. The van der Waals surface area contributed by atoms with Gasteiger partial charge >= 0.3 is 12.1 Å². The van der Waals surface area contributed by atoms with Crippen LogP contribution >= 0.6 is 11.3 Å². The first kappa shape index (κ1) is 23.3. The number of aryl methyl sites for hydroxylation is 1. The summed E-state index contributed by atoms with van der Waals surface area (Å²) in [4.78, 5) is 25.4. The lowest BCUT2D eigenvalue weighted by molar-refractivity contribution is -0.192. The molecule has 2 aliphatic heterocycles. The molecule has 0 saturated carbocycles. The fourth-order valence-corrected chi connectivity index (χ4v) is 4.21. The maximum absolute atomic E-state index is 12.2. The van der Waals surface area contributed by atoms with Crippen molar-refractivity contribution in [1.82, 2.24) is 4.90 Å². The van der Waals surface area contributed by atoms with Crippen molar-refractivity contribution < 1.29 is 37.0 Å². The van der Waals surface area contributed by atoms with Gasteiger partial charge in [0.2, 0.25) is 0 Å². The van der Waals surface area contributed by atoms with Gasteiger partial charge in [0, 0.05) is 18.5 Å². The zero-order chi connectivity index (χ0) is 22.6. The van der Waals surface area contributed by atoms with E-state index >= 15 is 0 Å². The van der Waals surface area contributed by atoms with E-state index in [1.54, 1.807) is 11.3 Å². The van der Waals surface area contributed by atoms with Gasteiger partial charge < -0.3 is 19.2 Å². The van der Waals surface area contributed by atoms with Crippen molar-refractivity contribution in [3.8, 4) is 0 Å². The standard InChI is InChI=1S/C18H22N2O3S.C2HF3O2/c1-14-2-3-16(23-14)10-19-7-5-18(6-8-19)13-20(17(21)11-22-18)15-4-9-24-12-15;3-2(4,5)1(6)7/h2-4,9,12H,5-8,10-11,13H2,1H3;(H,6,7). The molecule has 2 fully saturated rings. The quantitative estimate of drug-likeness (QED) is 0.753. The van der Waals surface area contributed by atoms with E-state index in [9.17, 15) is 18.0 Å². The zero-order valence-corrected chi connectivity index (χ0v) is 17.7. The second kappa shape index (κ2) is 9.41. The molecule has 11 heteroatoms. The highest BCUT2D eigenvalue weighted by atomic mass is 32.1. The lowest BCUT2D eigenvalue weighted by atomic mass is 9.89. The van der Waals surface area contributed by atoms with E-state index in [0.29, 0.717) is 6.54 Å². The molecule has 0 radical (unpaired) electrons. The van der Waals surface area contributed by atoms with E-state index in [4.69, 9.17) is 19.1 Å². The number of carboxylic acids is 1. The summed E-state index contributed by atoms with van der Waals surface area (Å²) in [6.45, 7) is 5.60. The van der Waals surface area contributed by atoms with Crippen LogP contribution in [0.2, 0.25) is 0 Å². The second-order valence-electron chi connectivity index (χ2n) is 7.52. The number of halogens is 3. The van der Waals surface area contributed by atoms with Crippen LogP contribution in [0.4, 0.5) is 18.9 Å². The number of carboxylic acid groups (broad SMARTS) is 1. The fourth-order valence-electron chi connectivity index (χ4n) is 3.57. The molecule has 4 rings (SSSR count). The van der Waals surface area contributed by atoms with Gasteiger partial charge in [-0.3, -0.25) is 9.69 Å². The lowest BCUT2D eigenvalue weighted by Crippen LogP contribution is -2.58. The Bertz CT molecular complexity index is 889. The molecule has 4 heterocycles. The molecule has 2 aromatic rings.